The van der Waals surface area contributed by atoms with Gasteiger partial charge in [-0.3, -0.25) is 4.79 Å². The topological polar surface area (TPSA) is 55.1 Å². The standard InChI is InChI=1S/C14H19FN2O/c1-9(10-4-2-3-5-10)17-14(18)12-7-6-11(15)8-13(12)16/h6-10H,2-5,16H2,1H3,(H,17,18)/t9-/m1/s1. The lowest BCUT2D eigenvalue weighted by molar-refractivity contribution is 0.0928. The quantitative estimate of drug-likeness (QED) is 0.810. The Labute approximate surface area is 107 Å². The highest BCUT2D eigenvalue weighted by Gasteiger charge is 2.23. The van der Waals surface area contributed by atoms with Crippen LogP contribution < -0.4 is 11.1 Å². The number of amides is 1. The van der Waals surface area contributed by atoms with Gasteiger partial charge in [0.15, 0.2) is 0 Å². The number of halogens is 1. The van der Waals surface area contributed by atoms with Crippen LogP contribution in [0.15, 0.2) is 18.2 Å². The van der Waals surface area contributed by atoms with Crippen molar-refractivity contribution in [2.24, 2.45) is 5.92 Å². The van der Waals surface area contributed by atoms with Gasteiger partial charge in [-0.1, -0.05) is 12.8 Å². The Morgan fingerprint density at radius 1 is 1.44 bits per heavy atom. The van der Waals surface area contributed by atoms with E-state index in [1.165, 1.54) is 43.9 Å². The number of carbonyl (C=O) groups excluding carboxylic acids is 1. The molecular weight excluding hydrogens is 231 g/mol. The molecule has 1 aromatic rings. The van der Waals surface area contributed by atoms with Crippen LogP contribution >= 0.6 is 0 Å². The molecule has 1 saturated carbocycles. The van der Waals surface area contributed by atoms with E-state index in [2.05, 4.69) is 5.32 Å². The van der Waals surface area contributed by atoms with Gasteiger partial charge in [0.2, 0.25) is 0 Å². The van der Waals surface area contributed by atoms with E-state index in [4.69, 9.17) is 5.73 Å². The lowest BCUT2D eigenvalue weighted by Gasteiger charge is -2.20. The molecular formula is C14H19FN2O. The van der Waals surface area contributed by atoms with Crippen LogP contribution in [0.5, 0.6) is 0 Å². The lowest BCUT2D eigenvalue weighted by Crippen LogP contribution is -2.37. The third-order valence-corrected chi connectivity index (χ3v) is 3.72. The molecule has 1 aliphatic carbocycles. The van der Waals surface area contributed by atoms with Crippen LogP contribution in [0.3, 0.4) is 0 Å². The van der Waals surface area contributed by atoms with E-state index in [1.54, 1.807) is 0 Å². The molecule has 0 aliphatic heterocycles. The van der Waals surface area contributed by atoms with Gasteiger partial charge < -0.3 is 11.1 Å². The number of nitrogens with one attached hydrogen (secondary N) is 1. The highest BCUT2D eigenvalue weighted by molar-refractivity contribution is 5.99. The molecule has 1 atom stereocenters. The summed E-state index contributed by atoms with van der Waals surface area (Å²) in [6, 6.07) is 4.01. The second-order valence-electron chi connectivity index (χ2n) is 5.04. The molecule has 1 fully saturated rings. The molecule has 4 heteroatoms. The second-order valence-corrected chi connectivity index (χ2v) is 5.04. The van der Waals surface area contributed by atoms with Gasteiger partial charge in [-0.05, 0) is 43.9 Å². The number of hydrogen-bond acceptors (Lipinski definition) is 2. The van der Waals surface area contributed by atoms with Crippen molar-refractivity contribution in [2.75, 3.05) is 5.73 Å². The first-order valence-electron chi connectivity index (χ1n) is 6.44. The Hall–Kier alpha value is -1.58. The summed E-state index contributed by atoms with van der Waals surface area (Å²) in [6.07, 6.45) is 4.81. The van der Waals surface area contributed by atoms with E-state index in [0.717, 1.165) is 0 Å². The fourth-order valence-electron chi connectivity index (χ4n) is 2.60. The Balaban J connectivity index is 2.02. The number of nitrogens with two attached hydrogens (primary N) is 1. The summed E-state index contributed by atoms with van der Waals surface area (Å²) in [7, 11) is 0. The molecule has 98 valence electrons. The van der Waals surface area contributed by atoms with Gasteiger partial charge in [0.25, 0.3) is 5.91 Å². The fourth-order valence-corrected chi connectivity index (χ4v) is 2.60. The van der Waals surface area contributed by atoms with Crippen molar-refractivity contribution in [3.63, 3.8) is 0 Å². The molecule has 0 spiro atoms. The minimum absolute atomic E-state index is 0.143. The summed E-state index contributed by atoms with van der Waals surface area (Å²) in [5, 5.41) is 2.96. The summed E-state index contributed by atoms with van der Waals surface area (Å²) in [6.45, 7) is 2.02. The van der Waals surface area contributed by atoms with Crippen molar-refractivity contribution in [1.29, 1.82) is 0 Å². The molecule has 3 N–H and O–H groups in total. The number of anilines is 1. The summed E-state index contributed by atoms with van der Waals surface area (Å²) < 4.78 is 12.9. The van der Waals surface area contributed by atoms with Crippen LogP contribution in [-0.4, -0.2) is 11.9 Å². The van der Waals surface area contributed by atoms with E-state index in [-0.39, 0.29) is 17.6 Å². The summed E-state index contributed by atoms with van der Waals surface area (Å²) in [4.78, 5) is 12.0. The average Bonchev–Trinajstić information content (AvgIpc) is 2.81. The predicted molar refractivity (Wildman–Crippen MR) is 69.7 cm³/mol. The molecule has 0 unspecified atom stereocenters. The average molecular weight is 250 g/mol. The Morgan fingerprint density at radius 3 is 2.72 bits per heavy atom. The lowest BCUT2D eigenvalue weighted by atomic mass is 9.99. The summed E-state index contributed by atoms with van der Waals surface area (Å²) in [5.74, 6) is -0.0876. The highest BCUT2D eigenvalue weighted by atomic mass is 19.1. The summed E-state index contributed by atoms with van der Waals surface area (Å²) >= 11 is 0. The second kappa shape index (κ2) is 5.38. The van der Waals surface area contributed by atoms with Crippen molar-refractivity contribution < 1.29 is 9.18 Å². The first-order valence-corrected chi connectivity index (χ1v) is 6.44. The molecule has 1 aliphatic rings. The van der Waals surface area contributed by atoms with E-state index in [0.29, 0.717) is 11.5 Å². The van der Waals surface area contributed by atoms with Crippen molar-refractivity contribution >= 4 is 11.6 Å². The first-order chi connectivity index (χ1) is 8.58. The molecule has 0 radical (unpaired) electrons. The smallest absolute Gasteiger partial charge is 0.253 e. The molecule has 1 amide bonds. The number of benzene rings is 1. The van der Waals surface area contributed by atoms with Gasteiger partial charge in [-0.15, -0.1) is 0 Å². The van der Waals surface area contributed by atoms with Crippen LogP contribution in [-0.2, 0) is 0 Å². The van der Waals surface area contributed by atoms with E-state index < -0.39 is 5.82 Å². The maximum atomic E-state index is 12.9. The first kappa shape index (κ1) is 12.9. The van der Waals surface area contributed by atoms with Crippen molar-refractivity contribution in [1.82, 2.24) is 5.32 Å². The van der Waals surface area contributed by atoms with Gasteiger partial charge in [-0.25, -0.2) is 4.39 Å². The Kier molecular flexibility index (Phi) is 3.84. The van der Waals surface area contributed by atoms with Gasteiger partial charge in [0.05, 0.1) is 5.56 Å². The third kappa shape index (κ3) is 2.81. The van der Waals surface area contributed by atoms with E-state index in [1.807, 2.05) is 6.92 Å². The molecule has 0 aromatic heterocycles. The minimum Gasteiger partial charge on any atom is -0.398 e. The molecule has 18 heavy (non-hydrogen) atoms. The summed E-state index contributed by atoms with van der Waals surface area (Å²) in [5.41, 5.74) is 6.19. The normalized spacial score (nSPS) is 17.7. The molecule has 0 saturated heterocycles. The maximum Gasteiger partial charge on any atom is 0.253 e. The molecule has 0 heterocycles. The van der Waals surface area contributed by atoms with Crippen LogP contribution in [0.1, 0.15) is 43.0 Å². The number of hydrogen-bond donors (Lipinski definition) is 2. The highest BCUT2D eigenvalue weighted by Crippen LogP contribution is 2.27. The SMILES string of the molecule is C[C@@H](NC(=O)c1ccc(F)cc1N)C1CCCC1. The number of nitrogen functional groups attached to an aromatic ring is 1. The zero-order chi connectivity index (χ0) is 13.1. The van der Waals surface area contributed by atoms with Crippen LogP contribution in [0, 0.1) is 11.7 Å². The minimum atomic E-state index is -0.423. The van der Waals surface area contributed by atoms with E-state index in [9.17, 15) is 9.18 Å². The molecule has 0 bridgehead atoms. The number of rotatable bonds is 3. The zero-order valence-electron chi connectivity index (χ0n) is 10.6. The van der Waals surface area contributed by atoms with Gasteiger partial charge in [0.1, 0.15) is 5.82 Å². The van der Waals surface area contributed by atoms with Crippen molar-refractivity contribution in [3.05, 3.63) is 29.6 Å². The molecule has 1 aromatic carbocycles. The fraction of sp³-hybridized carbons (Fsp3) is 0.500. The maximum absolute atomic E-state index is 12.9. The largest absolute Gasteiger partial charge is 0.398 e. The Morgan fingerprint density at radius 2 is 2.11 bits per heavy atom. The van der Waals surface area contributed by atoms with Crippen LogP contribution in [0.4, 0.5) is 10.1 Å². The van der Waals surface area contributed by atoms with Gasteiger partial charge in [0, 0.05) is 11.7 Å². The van der Waals surface area contributed by atoms with Crippen molar-refractivity contribution in [3.8, 4) is 0 Å². The molecule has 2 rings (SSSR count). The van der Waals surface area contributed by atoms with Crippen LogP contribution in [0.25, 0.3) is 0 Å². The Bertz CT molecular complexity index is 441. The zero-order valence-corrected chi connectivity index (χ0v) is 10.6. The number of carbonyl (C=O) groups is 1. The van der Waals surface area contributed by atoms with Crippen molar-refractivity contribution in [2.45, 2.75) is 38.6 Å². The third-order valence-electron chi connectivity index (χ3n) is 3.72. The van der Waals surface area contributed by atoms with Gasteiger partial charge >= 0.3 is 0 Å². The van der Waals surface area contributed by atoms with Gasteiger partial charge in [-0.2, -0.15) is 0 Å². The predicted octanol–water partition coefficient (Wildman–Crippen LogP) is 2.72. The molecule has 3 nitrogen and oxygen atoms in total. The monoisotopic (exact) mass is 250 g/mol. The van der Waals surface area contributed by atoms with E-state index >= 15 is 0 Å². The van der Waals surface area contributed by atoms with Crippen LogP contribution in [0.2, 0.25) is 0 Å².